The molecule has 0 bridgehead atoms. The Labute approximate surface area is 120 Å². The van der Waals surface area contributed by atoms with Crippen LogP contribution in [0.4, 0.5) is 0 Å². The molecule has 2 aromatic heterocycles. The highest BCUT2D eigenvalue weighted by Gasteiger charge is 2.00. The van der Waals surface area contributed by atoms with Crippen LogP contribution in [0.5, 0.6) is 5.75 Å². The van der Waals surface area contributed by atoms with Gasteiger partial charge in [0.1, 0.15) is 12.4 Å². The van der Waals surface area contributed by atoms with Crippen molar-refractivity contribution in [3.05, 3.63) is 42.0 Å². The third-order valence-electron chi connectivity index (χ3n) is 2.82. The molecular weight excluding hydrogens is 252 g/mol. The van der Waals surface area contributed by atoms with E-state index in [0.29, 0.717) is 12.5 Å². The molecule has 0 aliphatic carbocycles. The van der Waals surface area contributed by atoms with Crippen molar-refractivity contribution in [2.45, 2.75) is 27.0 Å². The van der Waals surface area contributed by atoms with E-state index in [1.54, 1.807) is 17.1 Å². The second kappa shape index (κ2) is 7.05. The number of rotatable bonds is 7. The minimum atomic E-state index is 0.514. The lowest BCUT2D eigenvalue weighted by molar-refractivity contribution is 0.304. The maximum Gasteiger partial charge on any atom is 0.138 e. The second-order valence-electron chi connectivity index (χ2n) is 5.32. The summed E-state index contributed by atoms with van der Waals surface area (Å²) in [5.41, 5.74) is 2.08. The van der Waals surface area contributed by atoms with Gasteiger partial charge in [0.25, 0.3) is 0 Å². The standard InChI is InChI=1S/C15H22N4O/c1-12(2)6-16-8-14-4-5-15(9-17-14)20-11-13-7-18-19(3)10-13/h4-5,7,9-10,12,16H,6,8,11H2,1-3H3. The first kappa shape index (κ1) is 14.5. The molecule has 0 unspecified atom stereocenters. The molecule has 0 radical (unpaired) electrons. The fourth-order valence-corrected chi connectivity index (χ4v) is 1.80. The highest BCUT2D eigenvalue weighted by molar-refractivity contribution is 5.20. The van der Waals surface area contributed by atoms with E-state index in [9.17, 15) is 0 Å². The zero-order valence-electron chi connectivity index (χ0n) is 12.3. The summed E-state index contributed by atoms with van der Waals surface area (Å²) in [7, 11) is 1.89. The first-order chi connectivity index (χ1) is 9.63. The van der Waals surface area contributed by atoms with Crippen molar-refractivity contribution in [2.75, 3.05) is 6.54 Å². The summed E-state index contributed by atoms with van der Waals surface area (Å²) in [4.78, 5) is 4.38. The van der Waals surface area contributed by atoms with E-state index in [-0.39, 0.29) is 0 Å². The van der Waals surface area contributed by atoms with E-state index in [2.05, 4.69) is 29.2 Å². The third kappa shape index (κ3) is 4.66. The number of aryl methyl sites for hydroxylation is 1. The highest BCUT2D eigenvalue weighted by atomic mass is 16.5. The molecule has 0 amide bonds. The van der Waals surface area contributed by atoms with E-state index in [4.69, 9.17) is 4.74 Å². The quantitative estimate of drug-likeness (QED) is 0.840. The van der Waals surface area contributed by atoms with Crippen molar-refractivity contribution in [1.82, 2.24) is 20.1 Å². The van der Waals surface area contributed by atoms with Crippen LogP contribution in [0.2, 0.25) is 0 Å². The summed E-state index contributed by atoms with van der Waals surface area (Å²) in [5.74, 6) is 1.43. The Hall–Kier alpha value is -1.88. The number of hydrogen-bond donors (Lipinski definition) is 1. The number of aromatic nitrogens is 3. The second-order valence-corrected chi connectivity index (χ2v) is 5.32. The Morgan fingerprint density at radius 1 is 1.30 bits per heavy atom. The van der Waals surface area contributed by atoms with Crippen LogP contribution in [0.3, 0.4) is 0 Å². The van der Waals surface area contributed by atoms with Gasteiger partial charge in [-0.25, -0.2) is 0 Å². The van der Waals surface area contributed by atoms with Crippen LogP contribution < -0.4 is 10.1 Å². The van der Waals surface area contributed by atoms with Crippen LogP contribution in [0, 0.1) is 5.92 Å². The minimum absolute atomic E-state index is 0.514. The Kier molecular flexibility index (Phi) is 5.12. The first-order valence-electron chi connectivity index (χ1n) is 6.89. The van der Waals surface area contributed by atoms with Gasteiger partial charge in [-0.1, -0.05) is 13.8 Å². The van der Waals surface area contributed by atoms with Gasteiger partial charge in [0, 0.05) is 25.4 Å². The maximum absolute atomic E-state index is 5.67. The summed E-state index contributed by atoms with van der Waals surface area (Å²) in [5, 5.41) is 7.47. The molecular formula is C15H22N4O. The average Bonchev–Trinajstić information content (AvgIpc) is 2.83. The molecule has 0 atom stereocenters. The van der Waals surface area contributed by atoms with Crippen LogP contribution in [0.1, 0.15) is 25.1 Å². The molecule has 2 aromatic rings. The van der Waals surface area contributed by atoms with Gasteiger partial charge in [0.15, 0.2) is 0 Å². The van der Waals surface area contributed by atoms with Crippen molar-refractivity contribution in [1.29, 1.82) is 0 Å². The minimum Gasteiger partial charge on any atom is -0.487 e. The summed E-state index contributed by atoms with van der Waals surface area (Å²) in [6.45, 7) is 6.69. The van der Waals surface area contributed by atoms with Crippen LogP contribution in [0.25, 0.3) is 0 Å². The molecule has 0 aromatic carbocycles. The normalized spacial score (nSPS) is 11.0. The van der Waals surface area contributed by atoms with E-state index in [1.165, 1.54) is 0 Å². The third-order valence-corrected chi connectivity index (χ3v) is 2.82. The summed E-state index contributed by atoms with van der Waals surface area (Å²) < 4.78 is 7.43. The number of ether oxygens (including phenoxy) is 1. The molecule has 108 valence electrons. The van der Waals surface area contributed by atoms with Crippen molar-refractivity contribution < 1.29 is 4.74 Å². The van der Waals surface area contributed by atoms with Gasteiger partial charge in [-0.2, -0.15) is 5.10 Å². The molecule has 2 rings (SSSR count). The molecule has 0 aliphatic heterocycles. The van der Waals surface area contributed by atoms with E-state index in [1.807, 2.05) is 25.4 Å². The first-order valence-corrected chi connectivity index (χ1v) is 6.89. The van der Waals surface area contributed by atoms with Crippen molar-refractivity contribution in [3.8, 4) is 5.75 Å². The predicted molar refractivity (Wildman–Crippen MR) is 78.3 cm³/mol. The van der Waals surface area contributed by atoms with Crippen molar-refractivity contribution in [3.63, 3.8) is 0 Å². The Morgan fingerprint density at radius 2 is 2.15 bits per heavy atom. The van der Waals surface area contributed by atoms with Crippen LogP contribution in [-0.4, -0.2) is 21.3 Å². The molecule has 5 nitrogen and oxygen atoms in total. The zero-order chi connectivity index (χ0) is 14.4. The Balaban J connectivity index is 1.79. The largest absolute Gasteiger partial charge is 0.487 e. The topological polar surface area (TPSA) is 52.0 Å². The Morgan fingerprint density at radius 3 is 2.75 bits per heavy atom. The lowest BCUT2D eigenvalue weighted by Gasteiger charge is -2.08. The zero-order valence-corrected chi connectivity index (χ0v) is 12.3. The van der Waals surface area contributed by atoms with Gasteiger partial charge >= 0.3 is 0 Å². The molecule has 0 saturated heterocycles. The monoisotopic (exact) mass is 274 g/mol. The molecule has 0 spiro atoms. The molecule has 2 heterocycles. The number of hydrogen-bond acceptors (Lipinski definition) is 4. The number of nitrogens with zero attached hydrogens (tertiary/aromatic N) is 3. The van der Waals surface area contributed by atoms with Gasteiger partial charge in [-0.05, 0) is 24.6 Å². The van der Waals surface area contributed by atoms with E-state index in [0.717, 1.165) is 30.1 Å². The van der Waals surface area contributed by atoms with Gasteiger partial charge in [0.05, 0.1) is 18.1 Å². The lowest BCUT2D eigenvalue weighted by Crippen LogP contribution is -2.19. The lowest BCUT2D eigenvalue weighted by atomic mass is 10.2. The van der Waals surface area contributed by atoms with Gasteiger partial charge in [0.2, 0.25) is 0 Å². The summed E-state index contributed by atoms with van der Waals surface area (Å²) in [6, 6.07) is 3.95. The van der Waals surface area contributed by atoms with Gasteiger partial charge < -0.3 is 10.1 Å². The van der Waals surface area contributed by atoms with E-state index < -0.39 is 0 Å². The molecule has 0 saturated carbocycles. The molecule has 20 heavy (non-hydrogen) atoms. The SMILES string of the molecule is CC(C)CNCc1ccc(OCc2cnn(C)c2)cn1. The molecule has 1 N–H and O–H groups in total. The van der Waals surface area contributed by atoms with Crippen LogP contribution in [-0.2, 0) is 20.2 Å². The van der Waals surface area contributed by atoms with Gasteiger partial charge in [-0.15, -0.1) is 0 Å². The molecule has 0 fully saturated rings. The summed E-state index contributed by atoms with van der Waals surface area (Å²) in [6.07, 6.45) is 5.51. The smallest absolute Gasteiger partial charge is 0.138 e. The number of nitrogens with one attached hydrogen (secondary N) is 1. The fourth-order valence-electron chi connectivity index (χ4n) is 1.80. The van der Waals surface area contributed by atoms with Crippen LogP contribution >= 0.6 is 0 Å². The summed E-state index contributed by atoms with van der Waals surface area (Å²) >= 11 is 0. The fraction of sp³-hybridized carbons (Fsp3) is 0.467. The van der Waals surface area contributed by atoms with Crippen molar-refractivity contribution >= 4 is 0 Å². The average molecular weight is 274 g/mol. The predicted octanol–water partition coefficient (Wildman–Crippen LogP) is 2.14. The maximum atomic E-state index is 5.67. The Bertz CT molecular complexity index is 519. The highest BCUT2D eigenvalue weighted by Crippen LogP contribution is 2.11. The molecule has 5 heteroatoms. The van der Waals surface area contributed by atoms with Gasteiger partial charge in [-0.3, -0.25) is 9.67 Å². The van der Waals surface area contributed by atoms with Crippen molar-refractivity contribution in [2.24, 2.45) is 13.0 Å². The molecule has 0 aliphatic rings. The van der Waals surface area contributed by atoms with E-state index >= 15 is 0 Å². The van der Waals surface area contributed by atoms with Crippen LogP contribution in [0.15, 0.2) is 30.7 Å². The number of pyridine rings is 1.